The number of para-hydroxylation sites is 2. The van der Waals surface area contributed by atoms with E-state index in [1.54, 1.807) is 25.8 Å². The molecule has 0 spiro atoms. The Balaban J connectivity index is 1.63. The molecule has 0 saturated heterocycles. The molecule has 0 saturated carbocycles. The number of aryl methyl sites for hydroxylation is 1. The van der Waals surface area contributed by atoms with E-state index in [1.165, 1.54) is 11.3 Å². The normalized spacial score (nSPS) is 11.5. The standard InChI is InChI=1S/C21H23N5O3S2/c1-4-29-20(27)17-12(2)16-18(22)24-15(25-19(16)31-17)11-30-21-23-13-7-5-6-8-14(13)26(21)9-10-28-3/h5-8H,4,9-11H2,1-3H3,(H2,22,24,25). The maximum atomic E-state index is 12.2. The highest BCUT2D eigenvalue weighted by Crippen LogP contribution is 2.34. The number of hydrogen-bond donors (Lipinski definition) is 1. The number of ether oxygens (including phenoxy) is 2. The van der Waals surface area contributed by atoms with Crippen molar-refractivity contribution in [1.82, 2.24) is 19.5 Å². The molecule has 0 amide bonds. The number of rotatable bonds is 8. The maximum absolute atomic E-state index is 12.2. The van der Waals surface area contributed by atoms with E-state index in [2.05, 4.69) is 14.5 Å². The summed E-state index contributed by atoms with van der Waals surface area (Å²) in [6.07, 6.45) is 0. The summed E-state index contributed by atoms with van der Waals surface area (Å²) in [5.74, 6) is 1.11. The Morgan fingerprint density at radius 3 is 2.84 bits per heavy atom. The predicted octanol–water partition coefficient (Wildman–Crippen LogP) is 4.05. The highest BCUT2D eigenvalue weighted by molar-refractivity contribution is 7.98. The van der Waals surface area contributed by atoms with E-state index in [-0.39, 0.29) is 5.97 Å². The van der Waals surface area contributed by atoms with Gasteiger partial charge in [-0.1, -0.05) is 23.9 Å². The minimum absolute atomic E-state index is 0.319. The van der Waals surface area contributed by atoms with Crippen molar-refractivity contribution in [2.45, 2.75) is 31.3 Å². The Morgan fingerprint density at radius 2 is 2.06 bits per heavy atom. The van der Waals surface area contributed by atoms with Crippen LogP contribution in [0, 0.1) is 6.92 Å². The van der Waals surface area contributed by atoms with Gasteiger partial charge in [0.15, 0.2) is 5.16 Å². The van der Waals surface area contributed by atoms with E-state index in [9.17, 15) is 4.79 Å². The summed E-state index contributed by atoms with van der Waals surface area (Å²) in [5, 5.41) is 1.59. The van der Waals surface area contributed by atoms with Gasteiger partial charge in [0.1, 0.15) is 21.3 Å². The Kier molecular flexibility index (Phi) is 6.40. The van der Waals surface area contributed by atoms with Crippen molar-refractivity contribution >= 4 is 56.1 Å². The average molecular weight is 458 g/mol. The summed E-state index contributed by atoms with van der Waals surface area (Å²) in [5.41, 5.74) is 8.98. The molecule has 4 rings (SSSR count). The quantitative estimate of drug-likeness (QED) is 0.312. The number of anilines is 1. The lowest BCUT2D eigenvalue weighted by molar-refractivity contribution is 0.0531. The van der Waals surface area contributed by atoms with Crippen molar-refractivity contribution in [1.29, 1.82) is 0 Å². The molecular formula is C21H23N5O3S2. The number of thiophene rings is 1. The number of imidazole rings is 1. The second-order valence-electron chi connectivity index (χ2n) is 6.80. The zero-order valence-electron chi connectivity index (χ0n) is 17.5. The summed E-state index contributed by atoms with van der Waals surface area (Å²) in [6, 6.07) is 8.02. The second kappa shape index (κ2) is 9.21. The van der Waals surface area contributed by atoms with Crippen LogP contribution in [-0.4, -0.2) is 45.8 Å². The molecular weight excluding hydrogens is 434 g/mol. The van der Waals surface area contributed by atoms with Crippen molar-refractivity contribution in [3.8, 4) is 0 Å². The molecule has 0 radical (unpaired) electrons. The van der Waals surface area contributed by atoms with Gasteiger partial charge in [0.05, 0.1) is 35.4 Å². The molecule has 3 heterocycles. The first-order valence-corrected chi connectivity index (χ1v) is 11.6. The molecule has 4 aromatic rings. The smallest absolute Gasteiger partial charge is 0.348 e. The third kappa shape index (κ3) is 4.23. The van der Waals surface area contributed by atoms with Gasteiger partial charge >= 0.3 is 5.97 Å². The van der Waals surface area contributed by atoms with Crippen LogP contribution in [-0.2, 0) is 21.8 Å². The number of benzene rings is 1. The number of thioether (sulfide) groups is 1. The van der Waals surface area contributed by atoms with Gasteiger partial charge in [-0.25, -0.2) is 19.7 Å². The van der Waals surface area contributed by atoms with Gasteiger partial charge in [0, 0.05) is 13.7 Å². The Hall–Kier alpha value is -2.69. The van der Waals surface area contributed by atoms with E-state index >= 15 is 0 Å². The molecule has 0 aliphatic carbocycles. The van der Waals surface area contributed by atoms with E-state index in [4.69, 9.17) is 20.2 Å². The Bertz CT molecular complexity index is 1250. The van der Waals surface area contributed by atoms with Crippen molar-refractivity contribution in [3.05, 3.63) is 40.5 Å². The summed E-state index contributed by atoms with van der Waals surface area (Å²) in [6.45, 7) is 5.24. The number of methoxy groups -OCH3 is 1. The molecule has 0 bridgehead atoms. The largest absolute Gasteiger partial charge is 0.462 e. The third-order valence-electron chi connectivity index (χ3n) is 4.79. The van der Waals surface area contributed by atoms with E-state index < -0.39 is 0 Å². The van der Waals surface area contributed by atoms with Gasteiger partial charge in [-0.3, -0.25) is 0 Å². The maximum Gasteiger partial charge on any atom is 0.348 e. The molecule has 0 aliphatic rings. The Labute approximate surface area is 187 Å². The van der Waals surface area contributed by atoms with E-state index in [0.29, 0.717) is 52.2 Å². The summed E-state index contributed by atoms with van der Waals surface area (Å²) in [4.78, 5) is 27.3. The number of carbonyl (C=O) groups is 1. The first kappa shape index (κ1) is 21.5. The van der Waals surface area contributed by atoms with E-state index in [1.807, 2.05) is 31.2 Å². The fourth-order valence-corrected chi connectivity index (χ4v) is 5.36. The number of fused-ring (bicyclic) bond motifs is 2. The summed E-state index contributed by atoms with van der Waals surface area (Å²) < 4.78 is 12.5. The molecule has 3 aromatic heterocycles. The molecule has 0 unspecified atom stereocenters. The first-order chi connectivity index (χ1) is 15.0. The van der Waals surface area contributed by atoms with Crippen molar-refractivity contribution < 1.29 is 14.3 Å². The lowest BCUT2D eigenvalue weighted by atomic mass is 10.2. The molecule has 8 nitrogen and oxygen atoms in total. The molecule has 1 aromatic carbocycles. The van der Waals surface area contributed by atoms with Crippen LogP contribution in [0.5, 0.6) is 0 Å². The fraction of sp³-hybridized carbons (Fsp3) is 0.333. The summed E-state index contributed by atoms with van der Waals surface area (Å²) >= 11 is 2.84. The van der Waals surface area contributed by atoms with Gasteiger partial charge in [0.2, 0.25) is 0 Å². The van der Waals surface area contributed by atoms with Crippen LogP contribution in [0.4, 0.5) is 5.82 Å². The zero-order valence-corrected chi connectivity index (χ0v) is 19.2. The van der Waals surface area contributed by atoms with Crippen molar-refractivity contribution in [2.75, 3.05) is 26.1 Å². The van der Waals surface area contributed by atoms with Gasteiger partial charge in [-0.15, -0.1) is 11.3 Å². The van der Waals surface area contributed by atoms with Crippen LogP contribution in [0.15, 0.2) is 29.4 Å². The van der Waals surface area contributed by atoms with Crippen LogP contribution < -0.4 is 5.73 Å². The van der Waals surface area contributed by atoms with E-state index in [0.717, 1.165) is 21.8 Å². The summed E-state index contributed by atoms with van der Waals surface area (Å²) in [7, 11) is 1.69. The molecule has 162 valence electrons. The zero-order chi connectivity index (χ0) is 22.0. The molecule has 0 atom stereocenters. The number of carbonyl (C=O) groups excluding carboxylic acids is 1. The monoisotopic (exact) mass is 457 g/mol. The van der Waals surface area contributed by atoms with Crippen LogP contribution in [0.3, 0.4) is 0 Å². The SMILES string of the molecule is CCOC(=O)c1sc2nc(CSc3nc4ccccc4n3CCOC)nc(N)c2c1C. The Morgan fingerprint density at radius 1 is 1.26 bits per heavy atom. The van der Waals surface area contributed by atoms with Crippen LogP contribution in [0.1, 0.15) is 28.0 Å². The molecule has 10 heteroatoms. The van der Waals surface area contributed by atoms with Crippen LogP contribution in [0.2, 0.25) is 0 Å². The van der Waals surface area contributed by atoms with Gasteiger partial charge < -0.3 is 19.8 Å². The van der Waals surface area contributed by atoms with Crippen LogP contribution in [0.25, 0.3) is 21.3 Å². The first-order valence-electron chi connectivity index (χ1n) is 9.83. The van der Waals surface area contributed by atoms with Crippen LogP contribution >= 0.6 is 23.1 Å². The van der Waals surface area contributed by atoms with Crippen molar-refractivity contribution in [2.24, 2.45) is 0 Å². The third-order valence-corrected chi connectivity index (χ3v) is 6.93. The minimum atomic E-state index is -0.356. The van der Waals surface area contributed by atoms with Gasteiger partial charge in [0.25, 0.3) is 0 Å². The minimum Gasteiger partial charge on any atom is -0.462 e. The second-order valence-corrected chi connectivity index (χ2v) is 8.74. The predicted molar refractivity (Wildman–Crippen MR) is 124 cm³/mol. The topological polar surface area (TPSA) is 105 Å². The highest BCUT2D eigenvalue weighted by Gasteiger charge is 2.21. The average Bonchev–Trinajstić information content (AvgIpc) is 3.28. The van der Waals surface area contributed by atoms with Crippen molar-refractivity contribution in [3.63, 3.8) is 0 Å². The number of nitrogen functional groups attached to an aromatic ring is 1. The highest BCUT2D eigenvalue weighted by atomic mass is 32.2. The fourth-order valence-electron chi connectivity index (χ4n) is 3.36. The lowest BCUT2D eigenvalue weighted by Crippen LogP contribution is -2.06. The number of hydrogen-bond acceptors (Lipinski definition) is 9. The number of esters is 1. The molecule has 0 fully saturated rings. The molecule has 0 aliphatic heterocycles. The number of nitrogens with zero attached hydrogens (tertiary/aromatic N) is 4. The lowest BCUT2D eigenvalue weighted by Gasteiger charge is -2.08. The number of aromatic nitrogens is 4. The van der Waals surface area contributed by atoms with Gasteiger partial charge in [-0.2, -0.15) is 0 Å². The molecule has 31 heavy (non-hydrogen) atoms. The number of nitrogens with two attached hydrogens (primary N) is 1. The molecule has 2 N–H and O–H groups in total. The van der Waals surface area contributed by atoms with Gasteiger partial charge in [-0.05, 0) is 31.5 Å².